The highest BCUT2D eigenvalue weighted by Gasteiger charge is 2.21. The molecule has 2 rings (SSSR count). The average molecular weight is 276 g/mol. The summed E-state index contributed by atoms with van der Waals surface area (Å²) in [6, 6.07) is 4.66. The molecular formula is C13H12N2O5. The minimum absolute atomic E-state index is 0.142. The number of carbonyl (C=O) groups is 2. The maximum Gasteiger partial charge on any atom is 0.340 e. The van der Waals surface area contributed by atoms with Crippen molar-refractivity contribution in [2.24, 2.45) is 0 Å². The number of amides is 1. The Morgan fingerprint density at radius 3 is 2.60 bits per heavy atom. The third-order valence-electron chi connectivity index (χ3n) is 2.60. The SMILES string of the molecule is COC(=O)c1cc2c(cc1NC(=O)CC#N)OCCO2. The summed E-state index contributed by atoms with van der Waals surface area (Å²) < 4.78 is 15.4. The standard InChI is InChI=1S/C13H12N2O5/c1-18-13(17)8-6-10-11(20-5-4-19-10)7-9(8)15-12(16)2-3-14/h6-7H,2,4-5H2,1H3,(H,15,16). The molecule has 0 saturated heterocycles. The largest absolute Gasteiger partial charge is 0.486 e. The lowest BCUT2D eigenvalue weighted by Gasteiger charge is -2.20. The third kappa shape index (κ3) is 2.80. The molecule has 0 atom stereocenters. The summed E-state index contributed by atoms with van der Waals surface area (Å²) >= 11 is 0. The van der Waals surface area contributed by atoms with Crippen LogP contribution in [0.25, 0.3) is 0 Å². The Bertz CT molecular complexity index is 591. The number of nitrogens with one attached hydrogen (secondary N) is 1. The van der Waals surface area contributed by atoms with Gasteiger partial charge in [0, 0.05) is 12.1 Å². The number of fused-ring (bicyclic) bond motifs is 1. The van der Waals surface area contributed by atoms with Crippen molar-refractivity contribution in [1.82, 2.24) is 0 Å². The van der Waals surface area contributed by atoms with Gasteiger partial charge in [-0.3, -0.25) is 4.79 Å². The minimum atomic E-state index is -0.616. The van der Waals surface area contributed by atoms with Gasteiger partial charge in [0.25, 0.3) is 0 Å². The van der Waals surface area contributed by atoms with Crippen LogP contribution in [0.15, 0.2) is 12.1 Å². The maximum atomic E-state index is 11.7. The number of methoxy groups -OCH3 is 1. The van der Waals surface area contributed by atoms with Gasteiger partial charge < -0.3 is 19.5 Å². The number of esters is 1. The van der Waals surface area contributed by atoms with E-state index in [1.165, 1.54) is 19.2 Å². The van der Waals surface area contributed by atoms with E-state index in [-0.39, 0.29) is 17.7 Å². The predicted molar refractivity (Wildman–Crippen MR) is 67.6 cm³/mol. The van der Waals surface area contributed by atoms with E-state index in [2.05, 4.69) is 10.1 Å². The quantitative estimate of drug-likeness (QED) is 0.830. The molecule has 7 nitrogen and oxygen atoms in total. The summed E-state index contributed by atoms with van der Waals surface area (Å²) in [6.07, 6.45) is -0.310. The number of hydrogen-bond donors (Lipinski definition) is 1. The molecule has 0 fully saturated rings. The number of benzene rings is 1. The zero-order valence-electron chi connectivity index (χ0n) is 10.8. The number of carbonyl (C=O) groups excluding carboxylic acids is 2. The molecule has 1 amide bonds. The normalized spacial score (nSPS) is 12.2. The van der Waals surface area contributed by atoms with Crippen LogP contribution in [0.4, 0.5) is 5.69 Å². The highest BCUT2D eigenvalue weighted by Crippen LogP contribution is 2.36. The molecule has 0 bridgehead atoms. The van der Waals surface area contributed by atoms with Crippen LogP contribution in [0.1, 0.15) is 16.8 Å². The first-order valence-electron chi connectivity index (χ1n) is 5.84. The van der Waals surface area contributed by atoms with Crippen LogP contribution in [-0.4, -0.2) is 32.2 Å². The fourth-order valence-corrected chi connectivity index (χ4v) is 1.74. The molecule has 0 aliphatic carbocycles. The van der Waals surface area contributed by atoms with Gasteiger partial charge in [0.2, 0.25) is 5.91 Å². The van der Waals surface area contributed by atoms with E-state index in [9.17, 15) is 9.59 Å². The smallest absolute Gasteiger partial charge is 0.340 e. The van der Waals surface area contributed by atoms with Crippen molar-refractivity contribution >= 4 is 17.6 Å². The van der Waals surface area contributed by atoms with Gasteiger partial charge in [-0.25, -0.2) is 4.79 Å². The van der Waals surface area contributed by atoms with E-state index in [1.54, 1.807) is 6.07 Å². The topological polar surface area (TPSA) is 97.7 Å². The fraction of sp³-hybridized carbons (Fsp3) is 0.308. The van der Waals surface area contributed by atoms with Gasteiger partial charge in [-0.2, -0.15) is 5.26 Å². The summed E-state index contributed by atoms with van der Waals surface area (Å²) in [5.74, 6) is -0.297. The molecule has 104 valence electrons. The molecule has 0 saturated carbocycles. The zero-order valence-corrected chi connectivity index (χ0v) is 10.8. The van der Waals surface area contributed by atoms with E-state index >= 15 is 0 Å². The van der Waals surface area contributed by atoms with Crippen molar-refractivity contribution in [3.05, 3.63) is 17.7 Å². The lowest BCUT2D eigenvalue weighted by Crippen LogP contribution is -2.19. The molecule has 0 spiro atoms. The third-order valence-corrected chi connectivity index (χ3v) is 2.60. The van der Waals surface area contributed by atoms with E-state index in [0.29, 0.717) is 24.7 Å². The van der Waals surface area contributed by atoms with E-state index in [4.69, 9.17) is 14.7 Å². The van der Waals surface area contributed by atoms with Crippen LogP contribution in [0.2, 0.25) is 0 Å². The van der Waals surface area contributed by atoms with Crippen molar-refractivity contribution in [1.29, 1.82) is 5.26 Å². The Hall–Kier alpha value is -2.75. The van der Waals surface area contributed by atoms with E-state index in [0.717, 1.165) is 0 Å². The Balaban J connectivity index is 2.39. The molecule has 7 heteroatoms. The van der Waals surface area contributed by atoms with Gasteiger partial charge in [0.1, 0.15) is 19.6 Å². The van der Waals surface area contributed by atoms with Gasteiger partial charge in [-0.05, 0) is 0 Å². The summed E-state index contributed by atoms with van der Waals surface area (Å²) in [6.45, 7) is 0.768. The molecule has 20 heavy (non-hydrogen) atoms. The lowest BCUT2D eigenvalue weighted by molar-refractivity contribution is -0.115. The zero-order chi connectivity index (χ0) is 14.5. The number of ether oxygens (including phenoxy) is 3. The number of nitrogens with zero attached hydrogens (tertiary/aromatic N) is 1. The van der Waals surface area contributed by atoms with Gasteiger partial charge >= 0.3 is 5.97 Å². The van der Waals surface area contributed by atoms with Crippen molar-refractivity contribution in [3.63, 3.8) is 0 Å². The molecular weight excluding hydrogens is 264 g/mol. The van der Waals surface area contributed by atoms with Gasteiger partial charge in [-0.15, -0.1) is 0 Å². The van der Waals surface area contributed by atoms with Crippen LogP contribution in [0.3, 0.4) is 0 Å². The summed E-state index contributed by atoms with van der Waals surface area (Å²) in [4.78, 5) is 23.2. The minimum Gasteiger partial charge on any atom is -0.486 e. The second-order valence-electron chi connectivity index (χ2n) is 3.92. The Morgan fingerprint density at radius 2 is 2.00 bits per heavy atom. The number of rotatable bonds is 3. The first-order chi connectivity index (χ1) is 9.65. The van der Waals surface area contributed by atoms with Crippen molar-refractivity contribution < 1.29 is 23.8 Å². The molecule has 0 radical (unpaired) electrons. The molecule has 1 heterocycles. The summed E-state index contributed by atoms with van der Waals surface area (Å²) in [5.41, 5.74) is 0.365. The van der Waals surface area contributed by atoms with Crippen LogP contribution in [0.5, 0.6) is 11.5 Å². The number of hydrogen-bond acceptors (Lipinski definition) is 6. The molecule has 1 aliphatic rings. The molecule has 1 aromatic rings. The fourth-order valence-electron chi connectivity index (χ4n) is 1.74. The van der Waals surface area contributed by atoms with Crippen molar-refractivity contribution in [2.45, 2.75) is 6.42 Å². The monoisotopic (exact) mass is 276 g/mol. The van der Waals surface area contributed by atoms with Gasteiger partial charge in [0.15, 0.2) is 11.5 Å². The van der Waals surface area contributed by atoms with Crippen LogP contribution in [0, 0.1) is 11.3 Å². The molecule has 1 N–H and O–H groups in total. The van der Waals surface area contributed by atoms with Crippen LogP contribution < -0.4 is 14.8 Å². The Kier molecular flexibility index (Phi) is 4.05. The number of anilines is 1. The average Bonchev–Trinajstić information content (AvgIpc) is 2.46. The first kappa shape index (κ1) is 13.7. The molecule has 1 aromatic carbocycles. The van der Waals surface area contributed by atoms with E-state index in [1.807, 2.05) is 0 Å². The van der Waals surface area contributed by atoms with Gasteiger partial charge in [0.05, 0.1) is 24.4 Å². The van der Waals surface area contributed by atoms with Crippen molar-refractivity contribution in [3.8, 4) is 17.6 Å². The Morgan fingerprint density at radius 1 is 1.35 bits per heavy atom. The van der Waals surface area contributed by atoms with Crippen LogP contribution >= 0.6 is 0 Å². The molecule has 1 aliphatic heterocycles. The van der Waals surface area contributed by atoms with Crippen molar-refractivity contribution in [2.75, 3.05) is 25.6 Å². The number of nitriles is 1. The van der Waals surface area contributed by atoms with Crippen LogP contribution in [-0.2, 0) is 9.53 Å². The summed E-state index contributed by atoms with van der Waals surface area (Å²) in [7, 11) is 1.24. The second-order valence-corrected chi connectivity index (χ2v) is 3.92. The highest BCUT2D eigenvalue weighted by atomic mass is 16.6. The molecule has 0 unspecified atom stereocenters. The lowest BCUT2D eigenvalue weighted by atomic mass is 10.1. The predicted octanol–water partition coefficient (Wildman–Crippen LogP) is 1.10. The van der Waals surface area contributed by atoms with E-state index < -0.39 is 11.9 Å². The van der Waals surface area contributed by atoms with Gasteiger partial charge in [-0.1, -0.05) is 0 Å². The second kappa shape index (κ2) is 5.93. The summed E-state index contributed by atoms with van der Waals surface area (Å²) in [5, 5.41) is 11.0. The Labute approximate surface area is 115 Å². The highest BCUT2D eigenvalue weighted by molar-refractivity contribution is 6.02. The maximum absolute atomic E-state index is 11.7. The molecule has 0 aromatic heterocycles. The first-order valence-corrected chi connectivity index (χ1v) is 5.84.